The van der Waals surface area contributed by atoms with Crippen molar-refractivity contribution in [2.24, 2.45) is 5.73 Å². The summed E-state index contributed by atoms with van der Waals surface area (Å²) in [5, 5.41) is 11.4. The van der Waals surface area contributed by atoms with Crippen LogP contribution >= 0.6 is 11.6 Å². The molecule has 0 aliphatic rings. The third kappa shape index (κ3) is 3.07. The number of hydrogen-bond donors (Lipinski definition) is 1. The second-order valence-electron chi connectivity index (χ2n) is 4.30. The minimum absolute atomic E-state index is 0.0931. The highest BCUT2D eigenvalue weighted by Crippen LogP contribution is 2.36. The highest BCUT2D eigenvalue weighted by atomic mass is 35.5. The molecule has 1 atom stereocenters. The molecule has 0 saturated heterocycles. The summed E-state index contributed by atoms with van der Waals surface area (Å²) in [6, 6.07) is 11.1. The van der Waals surface area contributed by atoms with Crippen LogP contribution in [0.5, 0.6) is 11.5 Å². The van der Waals surface area contributed by atoms with Crippen molar-refractivity contribution < 1.29 is 9.66 Å². The van der Waals surface area contributed by atoms with Crippen molar-refractivity contribution in [2.75, 3.05) is 0 Å². The smallest absolute Gasteiger partial charge is 0.311 e. The largest absolute Gasteiger partial charge is 0.450 e. The van der Waals surface area contributed by atoms with Gasteiger partial charge in [-0.05, 0) is 19.1 Å². The van der Waals surface area contributed by atoms with Crippen LogP contribution in [0, 0.1) is 10.1 Å². The third-order valence-electron chi connectivity index (χ3n) is 2.75. The van der Waals surface area contributed by atoms with Crippen LogP contribution in [0.2, 0.25) is 5.02 Å². The van der Waals surface area contributed by atoms with Crippen LogP contribution in [0.25, 0.3) is 0 Å². The number of nitrogens with zero attached hydrogens (tertiary/aromatic N) is 1. The summed E-state index contributed by atoms with van der Waals surface area (Å²) in [5.41, 5.74) is 6.48. The van der Waals surface area contributed by atoms with Crippen molar-refractivity contribution in [1.82, 2.24) is 0 Å². The van der Waals surface area contributed by atoms with E-state index in [4.69, 9.17) is 22.1 Å². The first kappa shape index (κ1) is 14.3. The van der Waals surface area contributed by atoms with E-state index < -0.39 is 4.92 Å². The lowest BCUT2D eigenvalue weighted by Gasteiger charge is -2.13. The van der Waals surface area contributed by atoms with E-state index in [0.29, 0.717) is 10.8 Å². The van der Waals surface area contributed by atoms with Crippen LogP contribution in [0.3, 0.4) is 0 Å². The lowest BCUT2D eigenvalue weighted by molar-refractivity contribution is -0.385. The molecule has 0 radical (unpaired) electrons. The Balaban J connectivity index is 2.45. The zero-order valence-corrected chi connectivity index (χ0v) is 11.5. The number of ether oxygens (including phenoxy) is 1. The van der Waals surface area contributed by atoms with E-state index in [1.165, 1.54) is 18.2 Å². The van der Waals surface area contributed by atoms with Gasteiger partial charge in [-0.25, -0.2) is 0 Å². The van der Waals surface area contributed by atoms with Crippen molar-refractivity contribution >= 4 is 17.3 Å². The van der Waals surface area contributed by atoms with Gasteiger partial charge in [0, 0.05) is 28.8 Å². The number of rotatable bonds is 4. The number of para-hydroxylation sites is 1. The van der Waals surface area contributed by atoms with Crippen LogP contribution in [0.1, 0.15) is 18.5 Å². The Morgan fingerprint density at radius 3 is 2.60 bits per heavy atom. The van der Waals surface area contributed by atoms with E-state index in [-0.39, 0.29) is 17.5 Å². The molecule has 0 aromatic heterocycles. The van der Waals surface area contributed by atoms with Gasteiger partial charge in [-0.15, -0.1) is 0 Å². The average Bonchev–Trinajstić information content (AvgIpc) is 2.38. The Bertz CT molecular complexity index is 644. The fraction of sp³-hybridized carbons (Fsp3) is 0.143. The molecule has 2 aromatic rings. The molecule has 5 nitrogen and oxygen atoms in total. The maximum Gasteiger partial charge on any atom is 0.311 e. The summed E-state index contributed by atoms with van der Waals surface area (Å²) < 4.78 is 5.64. The molecular formula is C14H13ClN2O3. The van der Waals surface area contributed by atoms with Gasteiger partial charge >= 0.3 is 5.69 Å². The van der Waals surface area contributed by atoms with Crippen molar-refractivity contribution in [1.29, 1.82) is 0 Å². The second-order valence-corrected chi connectivity index (χ2v) is 4.73. The Hall–Kier alpha value is -2.11. The molecule has 2 N–H and O–H groups in total. The van der Waals surface area contributed by atoms with Crippen LogP contribution in [0.4, 0.5) is 5.69 Å². The van der Waals surface area contributed by atoms with Gasteiger partial charge in [0.1, 0.15) is 5.75 Å². The molecule has 104 valence electrons. The summed E-state index contributed by atoms with van der Waals surface area (Å²) >= 11 is 5.86. The summed E-state index contributed by atoms with van der Waals surface area (Å²) in [6.45, 7) is 1.81. The highest BCUT2D eigenvalue weighted by Gasteiger charge is 2.18. The number of nitrogens with two attached hydrogens (primary N) is 1. The van der Waals surface area contributed by atoms with Gasteiger partial charge in [-0.3, -0.25) is 10.1 Å². The van der Waals surface area contributed by atoms with Crippen molar-refractivity contribution in [3.05, 3.63) is 63.2 Å². The SMILES string of the molecule is C[C@@H](N)c1ccccc1Oc1cc(Cl)ccc1[N+](=O)[O-]. The summed E-state index contributed by atoms with van der Waals surface area (Å²) in [4.78, 5) is 10.5. The van der Waals surface area contributed by atoms with Crippen LogP contribution < -0.4 is 10.5 Å². The van der Waals surface area contributed by atoms with E-state index in [1.807, 2.05) is 19.1 Å². The number of benzene rings is 2. The van der Waals surface area contributed by atoms with Gasteiger partial charge in [-0.1, -0.05) is 29.8 Å². The van der Waals surface area contributed by atoms with Gasteiger partial charge in [-0.2, -0.15) is 0 Å². The first-order valence-corrected chi connectivity index (χ1v) is 6.33. The first-order valence-electron chi connectivity index (χ1n) is 5.95. The number of halogens is 1. The predicted molar refractivity (Wildman–Crippen MR) is 77.2 cm³/mol. The molecule has 0 aliphatic carbocycles. The van der Waals surface area contributed by atoms with Crippen LogP contribution in [-0.4, -0.2) is 4.92 Å². The Kier molecular flexibility index (Phi) is 4.22. The Labute approximate surface area is 121 Å². The number of nitro benzene ring substituents is 1. The fourth-order valence-corrected chi connectivity index (χ4v) is 1.95. The zero-order valence-electron chi connectivity index (χ0n) is 10.7. The second kappa shape index (κ2) is 5.90. The molecule has 2 rings (SSSR count). The molecule has 0 heterocycles. The normalized spacial score (nSPS) is 11.9. The van der Waals surface area contributed by atoms with E-state index in [9.17, 15) is 10.1 Å². The van der Waals surface area contributed by atoms with Crippen molar-refractivity contribution in [2.45, 2.75) is 13.0 Å². The minimum Gasteiger partial charge on any atom is -0.450 e. The van der Waals surface area contributed by atoms with E-state index in [1.54, 1.807) is 12.1 Å². The Morgan fingerprint density at radius 2 is 1.95 bits per heavy atom. The number of hydrogen-bond acceptors (Lipinski definition) is 4. The van der Waals surface area contributed by atoms with Crippen molar-refractivity contribution in [3.8, 4) is 11.5 Å². The molecule has 0 saturated carbocycles. The van der Waals surface area contributed by atoms with Gasteiger partial charge in [0.2, 0.25) is 5.75 Å². The molecular weight excluding hydrogens is 280 g/mol. The minimum atomic E-state index is -0.514. The van der Waals surface area contributed by atoms with E-state index in [0.717, 1.165) is 5.56 Å². The van der Waals surface area contributed by atoms with E-state index in [2.05, 4.69) is 0 Å². The molecule has 2 aromatic carbocycles. The lowest BCUT2D eigenvalue weighted by Crippen LogP contribution is -2.06. The van der Waals surface area contributed by atoms with Crippen LogP contribution in [0.15, 0.2) is 42.5 Å². The Morgan fingerprint density at radius 1 is 1.25 bits per heavy atom. The van der Waals surface area contributed by atoms with Crippen LogP contribution in [-0.2, 0) is 0 Å². The van der Waals surface area contributed by atoms with Gasteiger partial charge < -0.3 is 10.5 Å². The molecule has 0 amide bonds. The maximum atomic E-state index is 11.0. The molecule has 0 bridgehead atoms. The lowest BCUT2D eigenvalue weighted by atomic mass is 10.1. The number of nitro groups is 1. The standard InChI is InChI=1S/C14H13ClN2O3/c1-9(16)11-4-2-3-5-13(11)20-14-8-10(15)6-7-12(14)17(18)19/h2-9H,16H2,1H3/t9-/m1/s1. The molecule has 20 heavy (non-hydrogen) atoms. The predicted octanol–water partition coefficient (Wildman–Crippen LogP) is 4.06. The third-order valence-corrected chi connectivity index (χ3v) is 2.98. The summed E-state index contributed by atoms with van der Waals surface area (Å²) in [5.74, 6) is 0.573. The van der Waals surface area contributed by atoms with Gasteiger partial charge in [0.25, 0.3) is 0 Å². The van der Waals surface area contributed by atoms with Gasteiger partial charge in [0.05, 0.1) is 4.92 Å². The van der Waals surface area contributed by atoms with Crippen molar-refractivity contribution in [3.63, 3.8) is 0 Å². The van der Waals surface area contributed by atoms with E-state index >= 15 is 0 Å². The maximum absolute atomic E-state index is 11.0. The molecule has 6 heteroatoms. The molecule has 0 aliphatic heterocycles. The monoisotopic (exact) mass is 292 g/mol. The summed E-state index contributed by atoms with van der Waals surface area (Å²) in [6.07, 6.45) is 0. The quantitative estimate of drug-likeness (QED) is 0.681. The fourth-order valence-electron chi connectivity index (χ4n) is 1.79. The first-order chi connectivity index (χ1) is 9.49. The highest BCUT2D eigenvalue weighted by molar-refractivity contribution is 6.30. The van der Waals surface area contributed by atoms with Gasteiger partial charge in [0.15, 0.2) is 0 Å². The summed E-state index contributed by atoms with van der Waals surface area (Å²) in [7, 11) is 0. The zero-order chi connectivity index (χ0) is 14.7. The average molecular weight is 293 g/mol. The molecule has 0 unspecified atom stereocenters. The topological polar surface area (TPSA) is 78.4 Å². The molecule has 0 spiro atoms. The molecule has 0 fully saturated rings.